The van der Waals surface area contributed by atoms with Crippen molar-refractivity contribution in [1.82, 2.24) is 30.0 Å². The van der Waals surface area contributed by atoms with E-state index in [2.05, 4.69) is 30.5 Å². The van der Waals surface area contributed by atoms with Crippen LogP contribution >= 0.6 is 22.7 Å². The quantitative estimate of drug-likeness (QED) is 0.189. The number of aromatic amines is 1. The highest BCUT2D eigenvalue weighted by Crippen LogP contribution is 2.30. The summed E-state index contributed by atoms with van der Waals surface area (Å²) in [6, 6.07) is 16.6. The topological polar surface area (TPSA) is 164 Å². The van der Waals surface area contributed by atoms with Gasteiger partial charge in [0.25, 0.3) is 5.91 Å². The van der Waals surface area contributed by atoms with Crippen molar-refractivity contribution >= 4 is 45.3 Å². The number of benzene rings is 2. The highest BCUT2D eigenvalue weighted by molar-refractivity contribution is 7.13. The van der Waals surface area contributed by atoms with Gasteiger partial charge in [-0.05, 0) is 38.1 Å². The van der Waals surface area contributed by atoms with E-state index in [4.69, 9.17) is 10.7 Å². The van der Waals surface area contributed by atoms with E-state index in [1.54, 1.807) is 23.7 Å². The monoisotopic (exact) mass is 627 g/mol. The smallest absolute Gasteiger partial charge is 0.301 e. The molecule has 4 heterocycles. The summed E-state index contributed by atoms with van der Waals surface area (Å²) in [4.78, 5) is 48.6. The predicted octanol–water partition coefficient (Wildman–Crippen LogP) is 4.76. The van der Waals surface area contributed by atoms with Crippen molar-refractivity contribution in [2.75, 3.05) is 26.2 Å². The van der Waals surface area contributed by atoms with E-state index in [0.717, 1.165) is 43.6 Å². The summed E-state index contributed by atoms with van der Waals surface area (Å²) in [6.07, 6.45) is 3.15. The van der Waals surface area contributed by atoms with Gasteiger partial charge in [0.1, 0.15) is 0 Å². The molecule has 224 valence electrons. The molecule has 0 saturated carbocycles. The van der Waals surface area contributed by atoms with Gasteiger partial charge in [-0.25, -0.2) is 9.97 Å². The van der Waals surface area contributed by atoms with Crippen LogP contribution in [0.25, 0.3) is 27.6 Å². The number of azo groups is 1. The minimum atomic E-state index is -0.380. The zero-order chi connectivity index (χ0) is 30.5. The molecule has 1 aliphatic heterocycles. The number of H-pyrrole nitrogens is 1. The van der Waals surface area contributed by atoms with Gasteiger partial charge < -0.3 is 16.0 Å². The van der Waals surface area contributed by atoms with E-state index in [9.17, 15) is 14.4 Å². The third-order valence-electron chi connectivity index (χ3n) is 7.41. The summed E-state index contributed by atoms with van der Waals surface area (Å²) < 4.78 is 1.37. The van der Waals surface area contributed by atoms with Gasteiger partial charge in [-0.1, -0.05) is 42.5 Å². The SMILES string of the molecule is NC(=O)C1CCN(CCNC(=O)c2ccc(-c3csc(-n4[nH]c(-c5ccccc5)c(N=Nc5nccs5)c4=O)n3)cc2)CC1. The summed E-state index contributed by atoms with van der Waals surface area (Å²) in [6.45, 7) is 2.83. The van der Waals surface area contributed by atoms with Crippen LogP contribution in [0.15, 0.2) is 86.6 Å². The molecule has 2 aromatic carbocycles. The first-order valence-electron chi connectivity index (χ1n) is 14.0. The number of hydrogen-bond donors (Lipinski definition) is 3. The Balaban J connectivity index is 1.14. The van der Waals surface area contributed by atoms with Gasteiger partial charge in [0, 0.05) is 52.7 Å². The molecule has 0 bridgehead atoms. The van der Waals surface area contributed by atoms with Crippen molar-refractivity contribution in [1.29, 1.82) is 0 Å². The number of nitrogens with one attached hydrogen (secondary N) is 2. The Morgan fingerprint density at radius 3 is 2.50 bits per heavy atom. The Morgan fingerprint density at radius 1 is 1.02 bits per heavy atom. The Labute approximate surface area is 260 Å². The molecule has 2 amide bonds. The molecule has 0 atom stereocenters. The lowest BCUT2D eigenvalue weighted by atomic mass is 9.96. The van der Waals surface area contributed by atoms with Gasteiger partial charge >= 0.3 is 5.56 Å². The second-order valence-corrected chi connectivity index (χ2v) is 11.9. The lowest BCUT2D eigenvalue weighted by molar-refractivity contribution is -0.123. The van der Waals surface area contributed by atoms with Crippen molar-refractivity contribution < 1.29 is 9.59 Å². The van der Waals surface area contributed by atoms with Gasteiger partial charge in [-0.2, -0.15) is 4.68 Å². The van der Waals surface area contributed by atoms with Crippen LogP contribution in [0.4, 0.5) is 10.8 Å². The summed E-state index contributed by atoms with van der Waals surface area (Å²) in [7, 11) is 0. The standard InChI is InChI=1S/C30H29N9O3S2/c31-26(40)21-10-14-38(15-11-21)16-12-32-27(41)22-8-6-19(7-9-22)23-18-44-30(34-23)39-28(42)25(35-36-29-33-13-17-43-29)24(37-39)20-4-2-1-3-5-20/h1-9,13,17-18,21,37H,10-12,14-16H2,(H2,31,40)(H,32,41). The van der Waals surface area contributed by atoms with Gasteiger partial charge in [-0.3, -0.25) is 19.5 Å². The Morgan fingerprint density at radius 2 is 1.80 bits per heavy atom. The molecule has 1 saturated heterocycles. The van der Waals surface area contributed by atoms with Crippen LogP contribution in [0.1, 0.15) is 23.2 Å². The maximum absolute atomic E-state index is 13.5. The van der Waals surface area contributed by atoms with Crippen LogP contribution in [0.2, 0.25) is 0 Å². The predicted molar refractivity (Wildman–Crippen MR) is 170 cm³/mol. The molecular formula is C30H29N9O3S2. The van der Waals surface area contributed by atoms with Crippen LogP contribution in [0.5, 0.6) is 0 Å². The van der Waals surface area contributed by atoms with E-state index in [1.807, 2.05) is 47.8 Å². The van der Waals surface area contributed by atoms with Crippen LogP contribution in [0, 0.1) is 5.92 Å². The normalized spacial score (nSPS) is 14.3. The molecule has 0 aliphatic carbocycles. The number of amides is 2. The molecule has 0 unspecified atom stereocenters. The molecule has 14 heteroatoms. The number of aromatic nitrogens is 4. The van der Waals surface area contributed by atoms with Crippen molar-refractivity contribution in [3.63, 3.8) is 0 Å². The van der Waals surface area contributed by atoms with Crippen LogP contribution in [-0.2, 0) is 4.79 Å². The molecule has 44 heavy (non-hydrogen) atoms. The van der Waals surface area contributed by atoms with Crippen molar-refractivity contribution in [3.8, 4) is 27.6 Å². The van der Waals surface area contributed by atoms with Crippen LogP contribution < -0.4 is 16.6 Å². The van der Waals surface area contributed by atoms with Crippen LogP contribution in [-0.4, -0.2) is 62.6 Å². The molecule has 12 nitrogen and oxygen atoms in total. The van der Waals surface area contributed by atoms with E-state index in [-0.39, 0.29) is 29.0 Å². The molecule has 0 radical (unpaired) electrons. The molecule has 1 fully saturated rings. The number of carbonyl (C=O) groups excluding carboxylic acids is 2. The minimum absolute atomic E-state index is 0.0491. The fourth-order valence-electron chi connectivity index (χ4n) is 4.98. The second kappa shape index (κ2) is 13.2. The number of piperidine rings is 1. The largest absolute Gasteiger partial charge is 0.369 e. The molecule has 5 aromatic rings. The Kier molecular flexibility index (Phi) is 8.81. The van der Waals surface area contributed by atoms with Crippen LogP contribution in [0.3, 0.4) is 0 Å². The third-order valence-corrected chi connectivity index (χ3v) is 8.89. The summed E-state index contributed by atoms with van der Waals surface area (Å²) in [5, 5.41) is 19.1. The van der Waals surface area contributed by atoms with E-state index in [1.165, 1.54) is 27.4 Å². The highest BCUT2D eigenvalue weighted by atomic mass is 32.1. The number of primary amides is 1. The third kappa shape index (κ3) is 6.56. The van der Waals surface area contributed by atoms with Crippen molar-refractivity contribution in [2.24, 2.45) is 21.9 Å². The average molecular weight is 628 g/mol. The Hall–Kier alpha value is -4.79. The maximum atomic E-state index is 13.5. The molecular weight excluding hydrogens is 599 g/mol. The number of nitrogens with two attached hydrogens (primary N) is 1. The number of thiazole rings is 2. The molecule has 0 spiro atoms. The molecule has 6 rings (SSSR count). The van der Waals surface area contributed by atoms with Gasteiger partial charge in [-0.15, -0.1) is 32.9 Å². The summed E-state index contributed by atoms with van der Waals surface area (Å²) in [5.74, 6) is -0.439. The van der Waals surface area contributed by atoms with E-state index < -0.39 is 0 Å². The Bertz CT molecular complexity index is 1820. The fraction of sp³-hybridized carbons (Fsp3) is 0.233. The first-order valence-corrected chi connectivity index (χ1v) is 15.8. The molecule has 4 N–H and O–H groups in total. The molecule has 3 aromatic heterocycles. The fourth-order valence-corrected chi connectivity index (χ4v) is 6.23. The average Bonchev–Trinajstić information content (AvgIpc) is 3.82. The number of carbonyl (C=O) groups is 2. The van der Waals surface area contributed by atoms with Gasteiger partial charge in [0.15, 0.2) is 5.69 Å². The molecule has 1 aliphatic rings. The summed E-state index contributed by atoms with van der Waals surface area (Å²) >= 11 is 2.64. The maximum Gasteiger partial charge on any atom is 0.301 e. The number of rotatable bonds is 10. The number of likely N-dealkylation sites (tertiary alicyclic amines) is 1. The lowest BCUT2D eigenvalue weighted by Gasteiger charge is -2.30. The number of nitrogens with zero attached hydrogens (tertiary/aromatic N) is 6. The van der Waals surface area contributed by atoms with E-state index >= 15 is 0 Å². The number of hydrogen-bond acceptors (Lipinski definition) is 10. The van der Waals surface area contributed by atoms with Crippen molar-refractivity contribution in [3.05, 3.63) is 87.5 Å². The first kappa shape index (κ1) is 29.3. The minimum Gasteiger partial charge on any atom is -0.369 e. The van der Waals surface area contributed by atoms with Crippen molar-refractivity contribution in [2.45, 2.75) is 12.8 Å². The highest BCUT2D eigenvalue weighted by Gasteiger charge is 2.23. The van der Waals surface area contributed by atoms with E-state index in [0.29, 0.717) is 33.8 Å². The van der Waals surface area contributed by atoms with Gasteiger partial charge in [0.05, 0.1) is 11.4 Å². The first-order chi connectivity index (χ1) is 21.5. The zero-order valence-electron chi connectivity index (χ0n) is 23.6. The summed E-state index contributed by atoms with van der Waals surface area (Å²) in [5.41, 5.74) is 8.53. The van der Waals surface area contributed by atoms with Gasteiger partial charge in [0.2, 0.25) is 16.2 Å². The zero-order valence-corrected chi connectivity index (χ0v) is 25.2. The lowest BCUT2D eigenvalue weighted by Crippen LogP contribution is -2.42. The second-order valence-electron chi connectivity index (χ2n) is 10.2.